The first-order valence-electron chi connectivity index (χ1n) is 4.86. The van der Waals surface area contributed by atoms with E-state index in [0.717, 1.165) is 19.3 Å². The van der Waals surface area contributed by atoms with Crippen molar-refractivity contribution in [3.05, 3.63) is 49.8 Å². The van der Waals surface area contributed by atoms with Gasteiger partial charge < -0.3 is 9.67 Å². The summed E-state index contributed by atoms with van der Waals surface area (Å²) < 4.78 is 3.52. The van der Waals surface area contributed by atoms with Crippen LogP contribution in [-0.2, 0) is 0 Å². The number of carbonyl (C=O) groups is 1. The Labute approximate surface area is 121 Å². The second-order valence-corrected chi connectivity index (χ2v) is 5.87. The fraction of sp³-hybridized carbons (Fsp3) is 0.0833. The number of carboxylic acids is 1. The average molecular weight is 406 g/mol. The van der Waals surface area contributed by atoms with Crippen molar-refractivity contribution in [1.82, 2.24) is 4.57 Å². The van der Waals surface area contributed by atoms with Gasteiger partial charge in [0.15, 0.2) is 0 Å². The van der Waals surface area contributed by atoms with Crippen LogP contribution in [0.1, 0.15) is 16.1 Å². The second kappa shape index (κ2) is 4.81. The minimum Gasteiger partial charge on any atom is -0.477 e. The van der Waals surface area contributed by atoms with E-state index < -0.39 is 5.97 Å². The molecule has 3 nitrogen and oxygen atoms in total. The number of nitrogens with zero attached hydrogens (tertiary/aromatic N) is 1. The predicted molar refractivity (Wildman–Crippen MR) is 77.9 cm³/mol. The Kier molecular flexibility index (Phi) is 3.58. The molecule has 1 aromatic heterocycles. The molecule has 0 aliphatic carbocycles. The van der Waals surface area contributed by atoms with E-state index in [1.54, 1.807) is 10.6 Å². The molecule has 1 heterocycles. The van der Waals surface area contributed by atoms with E-state index in [4.69, 9.17) is 5.11 Å². The minimum atomic E-state index is -0.925. The maximum atomic E-state index is 11.1. The van der Waals surface area contributed by atoms with E-state index in [9.17, 15) is 4.79 Å². The summed E-state index contributed by atoms with van der Waals surface area (Å²) in [5, 5.41) is 9.14. The van der Waals surface area contributed by atoms with E-state index in [2.05, 4.69) is 38.5 Å². The van der Waals surface area contributed by atoms with Gasteiger partial charge >= 0.3 is 5.97 Å². The van der Waals surface area contributed by atoms with Gasteiger partial charge in [-0.15, -0.1) is 0 Å². The van der Waals surface area contributed by atoms with Crippen LogP contribution in [0.15, 0.2) is 34.9 Å². The minimum absolute atomic E-state index is 0.270. The monoisotopic (exact) mass is 405 g/mol. The molecular formula is C12H9BrINO2. The molecule has 0 atom stereocenters. The number of aromatic carboxylic acids is 1. The molecule has 0 unspecified atom stereocenters. The molecule has 0 saturated heterocycles. The highest BCUT2D eigenvalue weighted by Crippen LogP contribution is 2.22. The standard InChI is InChI=1S/C12H9BrINO2/c1-7-2-8(13)4-10(3-7)15-6-9(14)5-11(15)12(16)17/h2-6H,1H3,(H,16,17). The molecule has 17 heavy (non-hydrogen) atoms. The van der Waals surface area contributed by atoms with Crippen LogP contribution in [0.4, 0.5) is 0 Å². The van der Waals surface area contributed by atoms with Gasteiger partial charge in [0.1, 0.15) is 5.69 Å². The molecule has 2 rings (SSSR count). The normalized spacial score (nSPS) is 10.5. The molecule has 1 aromatic carbocycles. The maximum absolute atomic E-state index is 11.1. The van der Waals surface area contributed by atoms with E-state index in [0.29, 0.717) is 0 Å². The van der Waals surface area contributed by atoms with Crippen molar-refractivity contribution in [2.75, 3.05) is 0 Å². The molecule has 88 valence electrons. The number of rotatable bonds is 2. The molecule has 0 radical (unpaired) electrons. The lowest BCUT2D eigenvalue weighted by molar-refractivity contribution is 0.0688. The van der Waals surface area contributed by atoms with E-state index in [-0.39, 0.29) is 5.69 Å². The lowest BCUT2D eigenvalue weighted by Gasteiger charge is -2.08. The van der Waals surface area contributed by atoms with Crippen LogP contribution in [0.2, 0.25) is 0 Å². The topological polar surface area (TPSA) is 42.2 Å². The molecule has 0 bridgehead atoms. The first-order chi connectivity index (χ1) is 7.97. The SMILES string of the molecule is Cc1cc(Br)cc(-n2cc(I)cc2C(=O)O)c1. The Bertz CT molecular complexity index is 572. The molecule has 2 aromatic rings. The van der Waals surface area contributed by atoms with Gasteiger partial charge in [-0.25, -0.2) is 4.79 Å². The quantitative estimate of drug-likeness (QED) is 0.771. The number of carboxylic acid groups (broad SMARTS) is 1. The number of aryl methyl sites for hydroxylation is 1. The summed E-state index contributed by atoms with van der Waals surface area (Å²) in [4.78, 5) is 11.1. The number of hydrogen-bond donors (Lipinski definition) is 1. The molecular weight excluding hydrogens is 397 g/mol. The van der Waals surface area contributed by atoms with Gasteiger partial charge in [0, 0.05) is 19.9 Å². The van der Waals surface area contributed by atoms with E-state index >= 15 is 0 Å². The van der Waals surface area contributed by atoms with Gasteiger partial charge in [-0.05, 0) is 59.3 Å². The van der Waals surface area contributed by atoms with Crippen molar-refractivity contribution < 1.29 is 9.90 Å². The Morgan fingerprint density at radius 2 is 2.06 bits per heavy atom. The predicted octanol–water partition coefficient (Wildman–Crippen LogP) is 3.85. The van der Waals surface area contributed by atoms with Gasteiger partial charge in [0.2, 0.25) is 0 Å². The number of hydrogen-bond acceptors (Lipinski definition) is 1. The molecule has 0 spiro atoms. The Balaban J connectivity index is 2.63. The van der Waals surface area contributed by atoms with Crippen molar-refractivity contribution >= 4 is 44.5 Å². The van der Waals surface area contributed by atoms with Gasteiger partial charge in [-0.1, -0.05) is 15.9 Å². The zero-order valence-corrected chi connectivity index (χ0v) is 12.7. The summed E-state index contributed by atoms with van der Waals surface area (Å²) >= 11 is 5.52. The summed E-state index contributed by atoms with van der Waals surface area (Å²) in [7, 11) is 0. The van der Waals surface area contributed by atoms with Crippen molar-refractivity contribution in [1.29, 1.82) is 0 Å². The summed E-state index contributed by atoms with van der Waals surface area (Å²) in [6, 6.07) is 7.49. The Hall–Kier alpha value is -0.820. The van der Waals surface area contributed by atoms with Crippen molar-refractivity contribution in [3.8, 4) is 5.69 Å². The van der Waals surface area contributed by atoms with Crippen molar-refractivity contribution in [2.45, 2.75) is 6.92 Å². The first-order valence-corrected chi connectivity index (χ1v) is 6.73. The fourth-order valence-electron chi connectivity index (χ4n) is 1.66. The van der Waals surface area contributed by atoms with Crippen molar-refractivity contribution in [3.63, 3.8) is 0 Å². The number of halogens is 2. The van der Waals surface area contributed by atoms with E-state index in [1.165, 1.54) is 0 Å². The van der Waals surface area contributed by atoms with Gasteiger partial charge in [0.05, 0.1) is 0 Å². The molecule has 0 saturated carbocycles. The average Bonchev–Trinajstić information content (AvgIpc) is 2.59. The summed E-state index contributed by atoms with van der Waals surface area (Å²) in [6.45, 7) is 1.98. The van der Waals surface area contributed by atoms with Crippen molar-refractivity contribution in [2.24, 2.45) is 0 Å². The zero-order valence-electron chi connectivity index (χ0n) is 8.95. The largest absolute Gasteiger partial charge is 0.477 e. The first kappa shape index (κ1) is 12.6. The van der Waals surface area contributed by atoms with E-state index in [1.807, 2.05) is 31.3 Å². The third-order valence-corrected chi connectivity index (χ3v) is 3.36. The van der Waals surface area contributed by atoms with Crippen LogP contribution in [0.5, 0.6) is 0 Å². The summed E-state index contributed by atoms with van der Waals surface area (Å²) in [5.41, 5.74) is 2.19. The van der Waals surface area contributed by atoms with Crippen LogP contribution < -0.4 is 0 Å². The van der Waals surface area contributed by atoms with Crippen LogP contribution in [-0.4, -0.2) is 15.6 Å². The highest BCUT2D eigenvalue weighted by Gasteiger charge is 2.13. The maximum Gasteiger partial charge on any atom is 0.352 e. The highest BCUT2D eigenvalue weighted by molar-refractivity contribution is 14.1. The van der Waals surface area contributed by atoms with Crippen LogP contribution >= 0.6 is 38.5 Å². The van der Waals surface area contributed by atoms with Gasteiger partial charge in [-0.2, -0.15) is 0 Å². The van der Waals surface area contributed by atoms with Gasteiger partial charge in [0.25, 0.3) is 0 Å². The number of aromatic nitrogens is 1. The Morgan fingerprint density at radius 1 is 1.35 bits per heavy atom. The summed E-state index contributed by atoms with van der Waals surface area (Å²) in [5.74, 6) is -0.925. The highest BCUT2D eigenvalue weighted by atomic mass is 127. The zero-order chi connectivity index (χ0) is 12.6. The smallest absolute Gasteiger partial charge is 0.352 e. The van der Waals surface area contributed by atoms with Gasteiger partial charge in [-0.3, -0.25) is 0 Å². The third-order valence-electron chi connectivity index (χ3n) is 2.31. The fourth-order valence-corrected chi connectivity index (χ4v) is 2.83. The molecule has 5 heteroatoms. The Morgan fingerprint density at radius 3 is 2.65 bits per heavy atom. The lowest BCUT2D eigenvalue weighted by Crippen LogP contribution is -2.05. The lowest BCUT2D eigenvalue weighted by atomic mass is 10.2. The van der Waals surface area contributed by atoms with Crippen LogP contribution in [0.3, 0.4) is 0 Å². The molecule has 0 aliphatic rings. The number of benzene rings is 1. The van der Waals surface area contributed by atoms with Crippen LogP contribution in [0.25, 0.3) is 5.69 Å². The molecule has 0 fully saturated rings. The van der Waals surface area contributed by atoms with Crippen LogP contribution in [0, 0.1) is 10.5 Å². The second-order valence-electron chi connectivity index (χ2n) is 3.71. The third kappa shape index (κ3) is 2.71. The summed E-state index contributed by atoms with van der Waals surface area (Å²) in [6.07, 6.45) is 1.81. The molecule has 0 amide bonds. The molecule has 0 aliphatic heterocycles. The molecule has 1 N–H and O–H groups in total.